The second-order valence-electron chi connectivity index (χ2n) is 3.79. The quantitative estimate of drug-likeness (QED) is 0.778. The highest BCUT2D eigenvalue weighted by molar-refractivity contribution is 5.65. The van der Waals surface area contributed by atoms with Gasteiger partial charge in [-0.15, -0.1) is 0 Å². The lowest BCUT2D eigenvalue weighted by Crippen LogP contribution is -2.47. The molecule has 1 amide bonds. The summed E-state index contributed by atoms with van der Waals surface area (Å²) in [6.07, 6.45) is 4.25. The Labute approximate surface area is 93.5 Å². The van der Waals surface area contributed by atoms with E-state index in [1.165, 1.54) is 11.2 Å². The highest BCUT2D eigenvalue weighted by Gasteiger charge is 2.20. The summed E-state index contributed by atoms with van der Waals surface area (Å²) in [5.41, 5.74) is 1.06. The molecule has 0 atom stereocenters. The van der Waals surface area contributed by atoms with Gasteiger partial charge in [0, 0.05) is 50.7 Å². The molecule has 6 nitrogen and oxygen atoms in total. The van der Waals surface area contributed by atoms with E-state index in [0.717, 1.165) is 25.2 Å². The number of carbonyl (C=O) groups is 1. The van der Waals surface area contributed by atoms with E-state index in [1.807, 2.05) is 0 Å². The van der Waals surface area contributed by atoms with Crippen molar-refractivity contribution in [2.24, 2.45) is 0 Å². The normalized spacial score (nSPS) is 17.4. The molecule has 1 aromatic rings. The minimum absolute atomic E-state index is 0.572. The molecule has 0 spiro atoms. The second-order valence-corrected chi connectivity index (χ2v) is 3.79. The minimum atomic E-state index is -0.831. The van der Waals surface area contributed by atoms with E-state index >= 15 is 0 Å². The van der Waals surface area contributed by atoms with Crippen LogP contribution in [-0.4, -0.2) is 57.1 Å². The van der Waals surface area contributed by atoms with Crippen LogP contribution < -0.4 is 0 Å². The average molecular weight is 222 g/mol. The second kappa shape index (κ2) is 4.89. The van der Waals surface area contributed by atoms with E-state index in [0.29, 0.717) is 13.1 Å². The molecule has 1 N–H and O–H groups in total. The van der Waals surface area contributed by atoms with Crippen LogP contribution in [0.25, 0.3) is 0 Å². The maximum Gasteiger partial charge on any atom is 0.407 e. The summed E-state index contributed by atoms with van der Waals surface area (Å²) in [6.45, 7) is 3.46. The Morgan fingerprint density at radius 1 is 1.25 bits per heavy atom. The lowest BCUT2D eigenvalue weighted by atomic mass is 10.2. The van der Waals surface area contributed by atoms with Gasteiger partial charge in [-0.3, -0.25) is 4.90 Å². The molecular weight excluding hydrogens is 208 g/mol. The molecule has 16 heavy (non-hydrogen) atoms. The average Bonchev–Trinajstić information content (AvgIpc) is 2.31. The van der Waals surface area contributed by atoms with Gasteiger partial charge in [0.1, 0.15) is 6.33 Å². The first kappa shape index (κ1) is 10.8. The number of amides is 1. The van der Waals surface area contributed by atoms with Gasteiger partial charge < -0.3 is 10.0 Å². The van der Waals surface area contributed by atoms with Gasteiger partial charge in [-0.05, 0) is 0 Å². The van der Waals surface area contributed by atoms with Gasteiger partial charge in [-0.25, -0.2) is 14.8 Å². The van der Waals surface area contributed by atoms with Gasteiger partial charge in [0.25, 0.3) is 0 Å². The number of piperazine rings is 1. The summed E-state index contributed by atoms with van der Waals surface area (Å²) < 4.78 is 0. The third kappa shape index (κ3) is 2.66. The zero-order valence-corrected chi connectivity index (χ0v) is 8.91. The molecule has 0 bridgehead atoms. The van der Waals surface area contributed by atoms with Gasteiger partial charge >= 0.3 is 6.09 Å². The minimum Gasteiger partial charge on any atom is -0.465 e. The lowest BCUT2D eigenvalue weighted by Gasteiger charge is -2.32. The highest BCUT2D eigenvalue weighted by Crippen LogP contribution is 2.06. The molecule has 1 aliphatic heterocycles. The number of carboxylic acid groups (broad SMARTS) is 1. The van der Waals surface area contributed by atoms with Crippen molar-refractivity contribution < 1.29 is 9.90 Å². The van der Waals surface area contributed by atoms with Crippen LogP contribution in [0.2, 0.25) is 0 Å². The molecule has 0 aromatic carbocycles. The van der Waals surface area contributed by atoms with Crippen molar-refractivity contribution in [1.29, 1.82) is 0 Å². The molecule has 6 heteroatoms. The lowest BCUT2D eigenvalue weighted by molar-refractivity contribution is 0.103. The zero-order valence-electron chi connectivity index (χ0n) is 8.91. The van der Waals surface area contributed by atoms with Crippen LogP contribution >= 0.6 is 0 Å². The Kier molecular flexibility index (Phi) is 3.31. The van der Waals surface area contributed by atoms with Crippen LogP contribution in [0.15, 0.2) is 18.7 Å². The van der Waals surface area contributed by atoms with E-state index in [4.69, 9.17) is 5.11 Å². The zero-order chi connectivity index (χ0) is 11.4. The summed E-state index contributed by atoms with van der Waals surface area (Å²) in [7, 11) is 0. The summed E-state index contributed by atoms with van der Waals surface area (Å²) in [5, 5.41) is 8.80. The van der Waals surface area contributed by atoms with Gasteiger partial charge in [0.2, 0.25) is 0 Å². The number of nitrogens with zero attached hydrogens (tertiary/aromatic N) is 4. The van der Waals surface area contributed by atoms with Gasteiger partial charge in [0.05, 0.1) is 0 Å². The molecule has 1 aromatic heterocycles. The van der Waals surface area contributed by atoms with Crippen LogP contribution in [-0.2, 0) is 6.54 Å². The van der Waals surface area contributed by atoms with Gasteiger partial charge in [-0.2, -0.15) is 0 Å². The van der Waals surface area contributed by atoms with Gasteiger partial charge in [-0.1, -0.05) is 0 Å². The maximum absolute atomic E-state index is 10.7. The first-order valence-electron chi connectivity index (χ1n) is 5.20. The monoisotopic (exact) mass is 222 g/mol. The van der Waals surface area contributed by atoms with E-state index in [9.17, 15) is 4.79 Å². The fourth-order valence-electron chi connectivity index (χ4n) is 1.77. The summed E-state index contributed by atoms with van der Waals surface area (Å²) in [4.78, 5) is 22.3. The number of rotatable bonds is 2. The van der Waals surface area contributed by atoms with E-state index in [2.05, 4.69) is 14.9 Å². The standard InChI is InChI=1S/C10H14N4O2/c15-10(16)14-3-1-13(2-4-14)7-9-5-11-8-12-6-9/h5-6,8H,1-4,7H2,(H,15,16). The first-order valence-corrected chi connectivity index (χ1v) is 5.20. The summed E-state index contributed by atoms with van der Waals surface area (Å²) in [5.74, 6) is 0. The van der Waals surface area contributed by atoms with Crippen molar-refractivity contribution in [2.75, 3.05) is 26.2 Å². The van der Waals surface area contributed by atoms with Crippen molar-refractivity contribution in [2.45, 2.75) is 6.54 Å². The fourth-order valence-corrected chi connectivity index (χ4v) is 1.77. The Bertz CT molecular complexity index is 349. The molecular formula is C10H14N4O2. The molecule has 1 fully saturated rings. The Balaban J connectivity index is 1.84. The van der Waals surface area contributed by atoms with Crippen LogP contribution in [0.1, 0.15) is 5.56 Å². The molecule has 1 saturated heterocycles. The number of aromatic nitrogens is 2. The van der Waals surface area contributed by atoms with Crippen molar-refractivity contribution in [3.05, 3.63) is 24.3 Å². The SMILES string of the molecule is O=C(O)N1CCN(Cc2cncnc2)CC1. The first-order chi connectivity index (χ1) is 7.75. The Hall–Kier alpha value is -1.69. The van der Waals surface area contributed by atoms with E-state index in [1.54, 1.807) is 12.4 Å². The van der Waals surface area contributed by atoms with E-state index in [-0.39, 0.29) is 0 Å². The van der Waals surface area contributed by atoms with E-state index < -0.39 is 6.09 Å². The molecule has 0 unspecified atom stereocenters. The maximum atomic E-state index is 10.7. The fraction of sp³-hybridized carbons (Fsp3) is 0.500. The smallest absolute Gasteiger partial charge is 0.407 e. The molecule has 0 aliphatic carbocycles. The predicted octanol–water partition coefficient (Wildman–Crippen LogP) is 0.272. The molecule has 0 radical (unpaired) electrons. The largest absolute Gasteiger partial charge is 0.465 e. The van der Waals surface area contributed by atoms with Crippen LogP contribution in [0.4, 0.5) is 4.79 Å². The summed E-state index contributed by atoms with van der Waals surface area (Å²) in [6, 6.07) is 0. The highest BCUT2D eigenvalue weighted by atomic mass is 16.4. The van der Waals surface area contributed by atoms with Crippen molar-refractivity contribution >= 4 is 6.09 Å². The third-order valence-corrected chi connectivity index (χ3v) is 2.66. The van der Waals surface area contributed by atoms with Crippen LogP contribution in [0, 0.1) is 0 Å². The topological polar surface area (TPSA) is 69.6 Å². The predicted molar refractivity (Wildman–Crippen MR) is 56.9 cm³/mol. The molecule has 86 valence electrons. The van der Waals surface area contributed by atoms with Crippen LogP contribution in [0.3, 0.4) is 0 Å². The number of hydrogen-bond acceptors (Lipinski definition) is 4. The van der Waals surface area contributed by atoms with Crippen molar-refractivity contribution in [1.82, 2.24) is 19.8 Å². The van der Waals surface area contributed by atoms with Crippen molar-refractivity contribution in [3.63, 3.8) is 0 Å². The van der Waals surface area contributed by atoms with Crippen molar-refractivity contribution in [3.8, 4) is 0 Å². The number of hydrogen-bond donors (Lipinski definition) is 1. The molecule has 2 rings (SSSR count). The Morgan fingerprint density at radius 2 is 1.88 bits per heavy atom. The molecule has 1 aliphatic rings. The van der Waals surface area contributed by atoms with Gasteiger partial charge in [0.15, 0.2) is 0 Å². The summed E-state index contributed by atoms with van der Waals surface area (Å²) >= 11 is 0. The third-order valence-electron chi connectivity index (χ3n) is 2.66. The Morgan fingerprint density at radius 3 is 2.44 bits per heavy atom. The molecule has 0 saturated carbocycles. The van der Waals surface area contributed by atoms with Crippen LogP contribution in [0.5, 0.6) is 0 Å². The molecule has 2 heterocycles.